The first-order valence-corrected chi connectivity index (χ1v) is 4.17. The number of nitrogens with one attached hydrogen (secondary N) is 1. The van der Waals surface area contributed by atoms with Crippen molar-refractivity contribution in [3.63, 3.8) is 0 Å². The molecule has 1 saturated heterocycles. The maximum absolute atomic E-state index is 10.9. The van der Waals surface area contributed by atoms with Crippen LogP contribution in [0.4, 0.5) is 0 Å². The Labute approximate surface area is 68.8 Å². The molecule has 1 heterocycles. The van der Waals surface area contributed by atoms with Crippen LogP contribution in [0.25, 0.3) is 0 Å². The average Bonchev–Trinajstić information content (AvgIpc) is 2.02. The number of amides is 1. The van der Waals surface area contributed by atoms with Crippen molar-refractivity contribution in [1.29, 1.82) is 0 Å². The van der Waals surface area contributed by atoms with E-state index in [1.165, 1.54) is 0 Å². The van der Waals surface area contributed by atoms with Crippen molar-refractivity contribution in [2.75, 3.05) is 13.7 Å². The molecule has 0 radical (unpaired) electrons. The molecule has 0 bridgehead atoms. The first-order valence-electron chi connectivity index (χ1n) is 4.17. The zero-order valence-corrected chi connectivity index (χ0v) is 7.85. The van der Waals surface area contributed by atoms with Gasteiger partial charge in [0, 0.05) is 19.5 Å². The fourth-order valence-electron chi connectivity index (χ4n) is 0.871. The molecular weight excluding hydrogens is 140 g/mol. The normalized spacial score (nSPS) is 24.2. The molecule has 1 fully saturated rings. The summed E-state index contributed by atoms with van der Waals surface area (Å²) in [5.41, 5.74) is 0. The molecule has 3 nitrogen and oxygen atoms in total. The van der Waals surface area contributed by atoms with Crippen LogP contribution < -0.4 is 5.32 Å². The molecule has 0 aromatic carbocycles. The maximum atomic E-state index is 10.9. The Morgan fingerprint density at radius 2 is 2.09 bits per heavy atom. The van der Waals surface area contributed by atoms with E-state index in [4.69, 9.17) is 0 Å². The summed E-state index contributed by atoms with van der Waals surface area (Å²) in [5.74, 6) is 0.237. The molecule has 1 rings (SSSR count). The van der Waals surface area contributed by atoms with Gasteiger partial charge in [0.05, 0.1) is 6.67 Å². The SMILES string of the molecule is CC.CC1CC(=O)N(C)CN1. The van der Waals surface area contributed by atoms with E-state index in [1.807, 2.05) is 20.8 Å². The summed E-state index contributed by atoms with van der Waals surface area (Å²) in [5, 5.41) is 3.17. The van der Waals surface area contributed by atoms with Crippen molar-refractivity contribution in [3.05, 3.63) is 0 Å². The van der Waals surface area contributed by atoms with E-state index in [2.05, 4.69) is 5.32 Å². The van der Waals surface area contributed by atoms with Crippen LogP contribution in [-0.2, 0) is 4.79 Å². The number of rotatable bonds is 0. The van der Waals surface area contributed by atoms with Gasteiger partial charge >= 0.3 is 0 Å². The second-order valence-corrected chi connectivity index (χ2v) is 2.56. The van der Waals surface area contributed by atoms with Gasteiger partial charge in [0.2, 0.25) is 5.91 Å². The van der Waals surface area contributed by atoms with E-state index in [-0.39, 0.29) is 5.91 Å². The topological polar surface area (TPSA) is 32.3 Å². The van der Waals surface area contributed by atoms with Crippen LogP contribution in [0, 0.1) is 0 Å². The van der Waals surface area contributed by atoms with Gasteiger partial charge in [0.1, 0.15) is 0 Å². The molecule has 1 atom stereocenters. The summed E-state index contributed by atoms with van der Waals surface area (Å²) in [4.78, 5) is 12.6. The fourth-order valence-corrected chi connectivity index (χ4v) is 0.871. The molecule has 1 unspecified atom stereocenters. The zero-order valence-electron chi connectivity index (χ0n) is 7.85. The Kier molecular flexibility index (Phi) is 4.86. The highest BCUT2D eigenvalue weighted by Gasteiger charge is 2.17. The van der Waals surface area contributed by atoms with Crippen molar-refractivity contribution < 1.29 is 4.79 Å². The van der Waals surface area contributed by atoms with Crippen molar-refractivity contribution in [3.8, 4) is 0 Å². The van der Waals surface area contributed by atoms with Crippen LogP contribution in [-0.4, -0.2) is 30.6 Å². The zero-order chi connectivity index (χ0) is 8.85. The minimum absolute atomic E-state index is 0.237. The van der Waals surface area contributed by atoms with Crippen LogP contribution in [0.1, 0.15) is 27.2 Å². The lowest BCUT2D eigenvalue weighted by atomic mass is 10.2. The number of carbonyl (C=O) groups excluding carboxylic acids is 1. The van der Waals surface area contributed by atoms with Crippen molar-refractivity contribution in [1.82, 2.24) is 10.2 Å². The summed E-state index contributed by atoms with van der Waals surface area (Å²) >= 11 is 0. The summed E-state index contributed by atoms with van der Waals surface area (Å²) in [6, 6.07) is 0.355. The fraction of sp³-hybridized carbons (Fsp3) is 0.875. The standard InChI is InChI=1S/C6H12N2O.C2H6/c1-5-3-6(9)8(2)4-7-5;1-2/h5,7H,3-4H2,1-2H3;1-2H3. The van der Waals surface area contributed by atoms with E-state index < -0.39 is 0 Å². The number of hydrogen-bond acceptors (Lipinski definition) is 2. The summed E-state index contributed by atoms with van der Waals surface area (Å²) in [6.45, 7) is 6.71. The Morgan fingerprint density at radius 3 is 2.45 bits per heavy atom. The number of carbonyl (C=O) groups is 1. The monoisotopic (exact) mass is 158 g/mol. The molecule has 0 aromatic heterocycles. The van der Waals surface area contributed by atoms with Gasteiger partial charge in [-0.15, -0.1) is 0 Å². The van der Waals surface area contributed by atoms with Gasteiger partial charge in [-0.1, -0.05) is 13.8 Å². The lowest BCUT2D eigenvalue weighted by Gasteiger charge is -2.27. The molecule has 66 valence electrons. The lowest BCUT2D eigenvalue weighted by molar-refractivity contribution is -0.133. The highest BCUT2D eigenvalue weighted by molar-refractivity contribution is 5.77. The Balaban J connectivity index is 0.000000461. The predicted octanol–water partition coefficient (Wildman–Crippen LogP) is 0.810. The molecule has 1 aliphatic heterocycles. The number of nitrogens with zero attached hydrogens (tertiary/aromatic N) is 1. The molecule has 0 spiro atoms. The Morgan fingerprint density at radius 1 is 1.55 bits per heavy atom. The van der Waals surface area contributed by atoms with E-state index in [0.29, 0.717) is 19.1 Å². The highest BCUT2D eigenvalue weighted by Crippen LogP contribution is 2.00. The van der Waals surface area contributed by atoms with Crippen molar-refractivity contribution in [2.24, 2.45) is 0 Å². The molecule has 11 heavy (non-hydrogen) atoms. The van der Waals surface area contributed by atoms with Gasteiger partial charge in [-0.25, -0.2) is 0 Å². The summed E-state index contributed by atoms with van der Waals surface area (Å²) in [7, 11) is 1.81. The van der Waals surface area contributed by atoms with Gasteiger partial charge in [0.25, 0.3) is 0 Å². The molecule has 1 N–H and O–H groups in total. The van der Waals surface area contributed by atoms with E-state index in [0.717, 1.165) is 0 Å². The molecule has 0 saturated carbocycles. The van der Waals surface area contributed by atoms with Crippen molar-refractivity contribution >= 4 is 5.91 Å². The molecule has 3 heteroatoms. The van der Waals surface area contributed by atoms with Gasteiger partial charge < -0.3 is 4.90 Å². The first-order chi connectivity index (χ1) is 5.20. The van der Waals surface area contributed by atoms with Gasteiger partial charge in [-0.2, -0.15) is 0 Å². The molecule has 0 aliphatic carbocycles. The van der Waals surface area contributed by atoms with E-state index >= 15 is 0 Å². The van der Waals surface area contributed by atoms with Crippen LogP contribution >= 0.6 is 0 Å². The predicted molar refractivity (Wildman–Crippen MR) is 46.2 cm³/mol. The third kappa shape index (κ3) is 3.37. The maximum Gasteiger partial charge on any atom is 0.224 e. The highest BCUT2D eigenvalue weighted by atomic mass is 16.2. The minimum atomic E-state index is 0.237. The lowest BCUT2D eigenvalue weighted by Crippen LogP contribution is -2.47. The Bertz CT molecular complexity index is 125. The third-order valence-corrected chi connectivity index (χ3v) is 1.58. The molecule has 1 amide bonds. The quantitative estimate of drug-likeness (QED) is 0.566. The van der Waals surface area contributed by atoms with E-state index in [1.54, 1.807) is 11.9 Å². The van der Waals surface area contributed by atoms with Gasteiger partial charge in [-0.05, 0) is 6.92 Å². The minimum Gasteiger partial charge on any atom is -0.333 e. The summed E-state index contributed by atoms with van der Waals surface area (Å²) in [6.07, 6.45) is 0.635. The van der Waals surface area contributed by atoms with Crippen LogP contribution in [0.15, 0.2) is 0 Å². The van der Waals surface area contributed by atoms with Crippen LogP contribution in [0.3, 0.4) is 0 Å². The summed E-state index contributed by atoms with van der Waals surface area (Å²) < 4.78 is 0. The molecule has 1 aliphatic rings. The van der Waals surface area contributed by atoms with Crippen LogP contribution in [0.5, 0.6) is 0 Å². The third-order valence-electron chi connectivity index (χ3n) is 1.58. The van der Waals surface area contributed by atoms with E-state index in [9.17, 15) is 4.79 Å². The second kappa shape index (κ2) is 5.13. The average molecular weight is 158 g/mol. The largest absolute Gasteiger partial charge is 0.333 e. The van der Waals surface area contributed by atoms with Crippen molar-refractivity contribution in [2.45, 2.75) is 33.2 Å². The number of hydrogen-bond donors (Lipinski definition) is 1. The van der Waals surface area contributed by atoms with Gasteiger partial charge in [-0.3, -0.25) is 10.1 Å². The smallest absolute Gasteiger partial charge is 0.224 e. The Hall–Kier alpha value is -0.570. The molecule has 0 aromatic rings. The van der Waals surface area contributed by atoms with Gasteiger partial charge in [0.15, 0.2) is 0 Å². The molecular formula is C8H18N2O. The van der Waals surface area contributed by atoms with Crippen LogP contribution in [0.2, 0.25) is 0 Å². The first kappa shape index (κ1) is 10.4. The second-order valence-electron chi connectivity index (χ2n) is 2.56.